The summed E-state index contributed by atoms with van der Waals surface area (Å²) in [4.78, 5) is 12.6. The Labute approximate surface area is 102 Å². The summed E-state index contributed by atoms with van der Waals surface area (Å²) in [7, 11) is 0. The number of thioether (sulfide) groups is 1. The van der Waals surface area contributed by atoms with Crippen LogP contribution in [0.25, 0.3) is 0 Å². The van der Waals surface area contributed by atoms with Crippen molar-refractivity contribution in [3.8, 4) is 0 Å². The van der Waals surface area contributed by atoms with Crippen LogP contribution < -0.4 is 0 Å². The predicted molar refractivity (Wildman–Crippen MR) is 62.6 cm³/mol. The Kier molecular flexibility index (Phi) is 3.46. The van der Waals surface area contributed by atoms with Crippen molar-refractivity contribution in [1.82, 2.24) is 15.0 Å². The molecule has 84 valence electrons. The molecule has 2 heterocycles. The highest BCUT2D eigenvalue weighted by molar-refractivity contribution is 7.98. The van der Waals surface area contributed by atoms with Gasteiger partial charge in [0.25, 0.3) is 5.22 Å². The molecule has 0 saturated heterocycles. The van der Waals surface area contributed by atoms with Crippen LogP contribution in [-0.4, -0.2) is 15.0 Å². The van der Waals surface area contributed by atoms with Crippen LogP contribution in [0.2, 0.25) is 5.15 Å². The highest BCUT2D eigenvalue weighted by Gasteiger charge is 2.05. The number of aryl methyl sites for hydroxylation is 2. The summed E-state index contributed by atoms with van der Waals surface area (Å²) in [5.74, 6) is 1.28. The van der Waals surface area contributed by atoms with E-state index in [2.05, 4.69) is 15.0 Å². The van der Waals surface area contributed by atoms with Crippen LogP contribution in [0.4, 0.5) is 0 Å². The van der Waals surface area contributed by atoms with Gasteiger partial charge >= 0.3 is 0 Å². The molecule has 0 fully saturated rings. The van der Waals surface area contributed by atoms with E-state index in [1.807, 2.05) is 13.8 Å². The number of oxazole rings is 1. The highest BCUT2D eigenvalue weighted by Crippen LogP contribution is 2.21. The van der Waals surface area contributed by atoms with Gasteiger partial charge in [0.05, 0.1) is 11.4 Å². The second-order valence-corrected chi connectivity index (χ2v) is 4.61. The zero-order chi connectivity index (χ0) is 11.5. The van der Waals surface area contributed by atoms with Gasteiger partial charge in [-0.25, -0.2) is 15.0 Å². The van der Waals surface area contributed by atoms with Crippen LogP contribution in [-0.2, 0) is 5.75 Å². The molecule has 2 aromatic heterocycles. The number of rotatable bonds is 3. The molecule has 2 aromatic rings. The summed E-state index contributed by atoms with van der Waals surface area (Å²) in [6.45, 7) is 3.77. The third-order valence-corrected chi connectivity index (χ3v) is 2.82. The van der Waals surface area contributed by atoms with E-state index in [1.165, 1.54) is 11.8 Å². The molecule has 4 nitrogen and oxygen atoms in total. The van der Waals surface area contributed by atoms with Crippen LogP contribution in [0.1, 0.15) is 17.2 Å². The Balaban J connectivity index is 2.04. The molecule has 0 amide bonds. The van der Waals surface area contributed by atoms with Crippen molar-refractivity contribution in [3.63, 3.8) is 0 Å². The Bertz CT molecular complexity index is 480. The zero-order valence-corrected chi connectivity index (χ0v) is 10.5. The average molecular weight is 256 g/mol. The Hall–Kier alpha value is -1.07. The van der Waals surface area contributed by atoms with E-state index in [0.29, 0.717) is 22.0 Å². The van der Waals surface area contributed by atoms with E-state index in [4.69, 9.17) is 16.0 Å². The summed E-state index contributed by atoms with van der Waals surface area (Å²) in [6, 6.07) is 1.73. The van der Waals surface area contributed by atoms with Crippen molar-refractivity contribution in [2.24, 2.45) is 0 Å². The minimum absolute atomic E-state index is 0.465. The normalized spacial score (nSPS) is 10.7. The molecule has 0 N–H and O–H groups in total. The van der Waals surface area contributed by atoms with Crippen LogP contribution in [0.15, 0.2) is 22.0 Å². The van der Waals surface area contributed by atoms with Crippen molar-refractivity contribution >= 4 is 23.4 Å². The average Bonchev–Trinajstić information content (AvgIpc) is 2.60. The third kappa shape index (κ3) is 2.96. The fourth-order valence-corrected chi connectivity index (χ4v) is 2.14. The minimum atomic E-state index is 0.465. The fraction of sp³-hybridized carbons (Fsp3) is 0.300. The number of aromatic nitrogens is 3. The van der Waals surface area contributed by atoms with Gasteiger partial charge in [0.15, 0.2) is 0 Å². The second-order valence-electron chi connectivity index (χ2n) is 3.29. The van der Waals surface area contributed by atoms with E-state index < -0.39 is 0 Å². The summed E-state index contributed by atoms with van der Waals surface area (Å²) in [6.07, 6.45) is 1.62. The number of hydrogen-bond donors (Lipinski definition) is 0. The second kappa shape index (κ2) is 4.84. The highest BCUT2D eigenvalue weighted by atomic mass is 35.5. The molecule has 16 heavy (non-hydrogen) atoms. The lowest BCUT2D eigenvalue weighted by Gasteiger charge is -1.99. The Morgan fingerprint density at radius 3 is 2.69 bits per heavy atom. The van der Waals surface area contributed by atoms with E-state index >= 15 is 0 Å². The van der Waals surface area contributed by atoms with Gasteiger partial charge in [0.2, 0.25) is 0 Å². The molecule has 0 bridgehead atoms. The first-order valence-corrected chi connectivity index (χ1v) is 6.05. The van der Waals surface area contributed by atoms with Crippen molar-refractivity contribution < 1.29 is 4.42 Å². The molecule has 0 spiro atoms. The van der Waals surface area contributed by atoms with Gasteiger partial charge in [-0.05, 0) is 19.9 Å². The molecular formula is C10H10ClN3OS. The van der Waals surface area contributed by atoms with E-state index in [0.717, 1.165) is 11.4 Å². The van der Waals surface area contributed by atoms with Crippen molar-refractivity contribution in [2.45, 2.75) is 24.8 Å². The van der Waals surface area contributed by atoms with E-state index in [-0.39, 0.29) is 0 Å². The van der Waals surface area contributed by atoms with Crippen LogP contribution in [0, 0.1) is 13.8 Å². The van der Waals surface area contributed by atoms with Crippen molar-refractivity contribution in [2.75, 3.05) is 0 Å². The van der Waals surface area contributed by atoms with Gasteiger partial charge in [-0.1, -0.05) is 23.4 Å². The predicted octanol–water partition coefficient (Wildman–Crippen LogP) is 3.03. The molecule has 0 saturated carbocycles. The fourth-order valence-electron chi connectivity index (χ4n) is 1.18. The lowest BCUT2D eigenvalue weighted by molar-refractivity contribution is 0.454. The third-order valence-electron chi connectivity index (χ3n) is 1.79. The maximum Gasteiger partial charge on any atom is 0.256 e. The van der Waals surface area contributed by atoms with Crippen LogP contribution in [0.3, 0.4) is 0 Å². The van der Waals surface area contributed by atoms with Crippen molar-refractivity contribution in [1.29, 1.82) is 0 Å². The van der Waals surface area contributed by atoms with Gasteiger partial charge in [-0.2, -0.15) is 0 Å². The van der Waals surface area contributed by atoms with Gasteiger partial charge in [0, 0.05) is 5.69 Å². The van der Waals surface area contributed by atoms with Gasteiger partial charge in [0.1, 0.15) is 17.2 Å². The lowest BCUT2D eigenvalue weighted by atomic mass is 10.4. The molecular weight excluding hydrogens is 246 g/mol. The van der Waals surface area contributed by atoms with Gasteiger partial charge in [-0.15, -0.1) is 0 Å². The molecule has 2 rings (SSSR count). The molecule has 6 heteroatoms. The standard InChI is InChI=1S/C10H10ClN3OS/c1-6-3-8(11)14-9(12-6)5-16-10-13-7(2)4-15-10/h3-4H,5H2,1-2H3. The monoisotopic (exact) mass is 255 g/mol. The van der Waals surface area contributed by atoms with Crippen molar-refractivity contribution in [3.05, 3.63) is 34.7 Å². The molecule has 0 unspecified atom stereocenters. The molecule has 0 aliphatic carbocycles. The van der Waals surface area contributed by atoms with E-state index in [9.17, 15) is 0 Å². The number of hydrogen-bond acceptors (Lipinski definition) is 5. The zero-order valence-electron chi connectivity index (χ0n) is 8.90. The maximum absolute atomic E-state index is 5.84. The Morgan fingerprint density at radius 2 is 2.06 bits per heavy atom. The SMILES string of the molecule is Cc1cc(Cl)nc(CSc2nc(C)co2)n1. The molecule has 0 radical (unpaired) electrons. The molecule has 0 aliphatic rings. The largest absolute Gasteiger partial charge is 0.440 e. The molecule has 0 aromatic carbocycles. The van der Waals surface area contributed by atoms with Gasteiger partial charge in [-0.3, -0.25) is 0 Å². The summed E-state index contributed by atoms with van der Waals surface area (Å²) < 4.78 is 5.21. The van der Waals surface area contributed by atoms with Crippen LogP contribution >= 0.6 is 23.4 Å². The first-order chi connectivity index (χ1) is 7.63. The lowest BCUT2D eigenvalue weighted by Crippen LogP contribution is -1.95. The minimum Gasteiger partial charge on any atom is -0.440 e. The number of nitrogens with zero attached hydrogens (tertiary/aromatic N) is 3. The van der Waals surface area contributed by atoms with Gasteiger partial charge < -0.3 is 4.42 Å². The summed E-state index contributed by atoms with van der Waals surface area (Å²) in [5.41, 5.74) is 1.73. The topological polar surface area (TPSA) is 51.8 Å². The first kappa shape index (κ1) is 11.4. The van der Waals surface area contributed by atoms with Crippen LogP contribution in [0.5, 0.6) is 0 Å². The smallest absolute Gasteiger partial charge is 0.256 e. The maximum atomic E-state index is 5.84. The first-order valence-electron chi connectivity index (χ1n) is 4.68. The van der Waals surface area contributed by atoms with E-state index in [1.54, 1.807) is 12.3 Å². The quantitative estimate of drug-likeness (QED) is 0.623. The summed E-state index contributed by atoms with van der Waals surface area (Å²) in [5, 5.41) is 1.09. The number of halogens is 1. The Morgan fingerprint density at radius 1 is 1.25 bits per heavy atom. The summed E-state index contributed by atoms with van der Waals surface area (Å²) >= 11 is 7.29. The molecule has 0 aliphatic heterocycles. The molecule has 0 atom stereocenters.